The van der Waals surface area contributed by atoms with Gasteiger partial charge in [0.15, 0.2) is 17.5 Å². The Hall–Kier alpha value is -3.16. The first-order valence-corrected chi connectivity index (χ1v) is 10.2. The first-order chi connectivity index (χ1) is 15.8. The second-order valence-electron chi connectivity index (χ2n) is 8.14. The van der Waals surface area contributed by atoms with Crippen LogP contribution in [0.2, 0.25) is 0 Å². The Labute approximate surface area is 190 Å². The van der Waals surface area contributed by atoms with E-state index in [-0.39, 0.29) is 43.7 Å². The molecule has 0 spiro atoms. The van der Waals surface area contributed by atoms with E-state index in [1.807, 2.05) is 0 Å². The summed E-state index contributed by atoms with van der Waals surface area (Å²) in [5, 5.41) is 3.45. The summed E-state index contributed by atoms with van der Waals surface area (Å²) in [4.78, 5) is 31.3. The van der Waals surface area contributed by atoms with E-state index in [1.54, 1.807) is 0 Å². The summed E-state index contributed by atoms with van der Waals surface area (Å²) in [5.74, 6) is -6.31. The molecule has 1 aromatic carbocycles. The van der Waals surface area contributed by atoms with Crippen LogP contribution in [0.4, 0.5) is 26.3 Å². The molecule has 1 aliphatic heterocycles. The Bertz CT molecular complexity index is 1090. The molecule has 186 valence electrons. The van der Waals surface area contributed by atoms with Crippen molar-refractivity contribution in [3.05, 3.63) is 46.8 Å². The van der Waals surface area contributed by atoms with E-state index >= 15 is 0 Å². The van der Waals surface area contributed by atoms with Crippen LogP contribution >= 0.6 is 0 Å². The van der Waals surface area contributed by atoms with E-state index in [1.165, 1.54) is 23.9 Å². The molecule has 0 aliphatic carbocycles. The number of halogens is 6. The van der Waals surface area contributed by atoms with E-state index in [9.17, 15) is 35.9 Å². The molecule has 34 heavy (non-hydrogen) atoms. The minimum atomic E-state index is -4.81. The van der Waals surface area contributed by atoms with Gasteiger partial charge in [-0.15, -0.1) is 5.10 Å². The number of hydrogen-bond donors (Lipinski definition) is 1. The lowest BCUT2D eigenvalue weighted by molar-refractivity contribution is -0.145. The summed E-state index contributed by atoms with van der Waals surface area (Å²) >= 11 is 0. The van der Waals surface area contributed by atoms with Gasteiger partial charge in [-0.05, 0) is 18.1 Å². The van der Waals surface area contributed by atoms with Gasteiger partial charge in [-0.2, -0.15) is 13.2 Å². The molecule has 2 amide bonds. The number of benzene rings is 1. The maximum atomic E-state index is 13.9. The zero-order valence-electron chi connectivity index (χ0n) is 18.2. The van der Waals surface area contributed by atoms with Crippen molar-refractivity contribution < 1.29 is 35.9 Å². The highest BCUT2D eigenvalue weighted by Crippen LogP contribution is 2.33. The van der Waals surface area contributed by atoms with Crippen LogP contribution in [0.15, 0.2) is 12.1 Å². The van der Waals surface area contributed by atoms with Crippen molar-refractivity contribution in [1.82, 2.24) is 24.6 Å². The van der Waals surface area contributed by atoms with Gasteiger partial charge in [0, 0.05) is 39.2 Å². The maximum Gasteiger partial charge on any atom is 0.453 e. The summed E-state index contributed by atoms with van der Waals surface area (Å²) in [5.41, 5.74) is 5.70. The van der Waals surface area contributed by atoms with Crippen LogP contribution in [0.3, 0.4) is 0 Å². The van der Waals surface area contributed by atoms with Crippen molar-refractivity contribution in [3.8, 4) is 0 Å². The number of nitrogens with two attached hydrogens (primary N) is 1. The summed E-state index contributed by atoms with van der Waals surface area (Å²) in [6.07, 6.45) is -5.84. The highest BCUT2D eigenvalue weighted by molar-refractivity contribution is 5.80. The highest BCUT2D eigenvalue weighted by Gasteiger charge is 2.42. The molecule has 0 fully saturated rings. The third-order valence-electron chi connectivity index (χ3n) is 5.38. The van der Waals surface area contributed by atoms with Crippen molar-refractivity contribution in [2.75, 3.05) is 20.6 Å². The Morgan fingerprint density at radius 1 is 1.15 bits per heavy atom. The minimum Gasteiger partial charge on any atom is -0.349 e. The number of carbonyl (C=O) groups is 2. The Balaban J connectivity index is 1.82. The van der Waals surface area contributed by atoms with Gasteiger partial charge >= 0.3 is 6.18 Å². The molecule has 2 heterocycles. The lowest BCUT2D eigenvalue weighted by Crippen LogP contribution is -2.46. The van der Waals surface area contributed by atoms with Crippen molar-refractivity contribution in [3.63, 3.8) is 0 Å². The van der Waals surface area contributed by atoms with E-state index in [0.29, 0.717) is 12.1 Å². The number of nitrogens with zero attached hydrogens (tertiary/aromatic N) is 5. The second-order valence-corrected chi connectivity index (χ2v) is 8.14. The predicted octanol–water partition coefficient (Wildman–Crippen LogP) is 2.04. The molecular weight excluding hydrogens is 470 g/mol. The minimum absolute atomic E-state index is 0.0654. The topological polar surface area (TPSA) is 97.4 Å². The molecule has 0 radical (unpaired) electrons. The van der Waals surface area contributed by atoms with E-state index < -0.39 is 53.4 Å². The summed E-state index contributed by atoms with van der Waals surface area (Å²) in [7, 11) is 2.91. The number of carbonyl (C=O) groups excluding carboxylic acids is 2. The van der Waals surface area contributed by atoms with Crippen LogP contribution in [-0.4, -0.2) is 63.1 Å². The fourth-order valence-electron chi connectivity index (χ4n) is 3.65. The van der Waals surface area contributed by atoms with Crippen molar-refractivity contribution in [1.29, 1.82) is 0 Å². The second kappa shape index (κ2) is 9.60. The molecule has 3 rings (SSSR count). The quantitative estimate of drug-likeness (QED) is 0.492. The molecule has 0 saturated carbocycles. The number of amides is 2. The van der Waals surface area contributed by atoms with E-state index in [4.69, 9.17) is 5.73 Å². The summed E-state index contributed by atoms with van der Waals surface area (Å²) in [6, 6.07) is -1.12. The lowest BCUT2D eigenvalue weighted by atomic mass is 10.0. The fraction of sp³-hybridized carbons (Fsp3) is 0.500. The van der Waals surface area contributed by atoms with Crippen LogP contribution < -0.4 is 5.73 Å². The molecule has 8 nitrogen and oxygen atoms in total. The van der Waals surface area contributed by atoms with Gasteiger partial charge in [-0.25, -0.2) is 22.8 Å². The zero-order chi connectivity index (χ0) is 25.4. The van der Waals surface area contributed by atoms with Gasteiger partial charge < -0.3 is 15.5 Å². The number of hydrogen-bond acceptors (Lipinski definition) is 5. The van der Waals surface area contributed by atoms with Crippen molar-refractivity contribution in [2.45, 2.75) is 44.1 Å². The predicted molar refractivity (Wildman–Crippen MR) is 105 cm³/mol. The van der Waals surface area contributed by atoms with E-state index in [0.717, 1.165) is 4.68 Å². The maximum absolute atomic E-state index is 13.9. The van der Waals surface area contributed by atoms with Crippen LogP contribution in [0, 0.1) is 17.5 Å². The van der Waals surface area contributed by atoms with Gasteiger partial charge in [0.2, 0.25) is 11.8 Å². The van der Waals surface area contributed by atoms with Crippen LogP contribution in [-0.2, 0) is 28.7 Å². The molecule has 0 bridgehead atoms. The van der Waals surface area contributed by atoms with Crippen molar-refractivity contribution >= 4 is 11.8 Å². The van der Waals surface area contributed by atoms with Gasteiger partial charge in [0.05, 0.1) is 13.0 Å². The molecule has 2 aromatic rings. The van der Waals surface area contributed by atoms with Crippen molar-refractivity contribution in [2.24, 2.45) is 5.73 Å². The molecule has 2 N–H and O–H groups in total. The average Bonchev–Trinajstić information content (AvgIpc) is 3.17. The number of rotatable bonds is 6. The smallest absolute Gasteiger partial charge is 0.349 e. The third kappa shape index (κ3) is 5.48. The summed E-state index contributed by atoms with van der Waals surface area (Å²) in [6.45, 7) is -0.159. The fourth-order valence-corrected chi connectivity index (χ4v) is 3.65. The Morgan fingerprint density at radius 2 is 1.79 bits per heavy atom. The number of aromatic nitrogens is 3. The van der Waals surface area contributed by atoms with Gasteiger partial charge in [-0.3, -0.25) is 9.59 Å². The number of fused-ring (bicyclic) bond motifs is 1. The number of alkyl halides is 3. The van der Waals surface area contributed by atoms with Crippen LogP contribution in [0.25, 0.3) is 0 Å². The van der Waals surface area contributed by atoms with Gasteiger partial charge in [0.1, 0.15) is 11.9 Å². The monoisotopic (exact) mass is 492 g/mol. The first-order valence-electron chi connectivity index (χ1n) is 10.2. The zero-order valence-corrected chi connectivity index (χ0v) is 18.2. The third-order valence-corrected chi connectivity index (χ3v) is 5.38. The molecule has 0 saturated heterocycles. The van der Waals surface area contributed by atoms with Gasteiger partial charge in [0.25, 0.3) is 5.82 Å². The van der Waals surface area contributed by atoms with Gasteiger partial charge in [-0.1, -0.05) is 0 Å². The van der Waals surface area contributed by atoms with E-state index in [2.05, 4.69) is 10.1 Å². The molecule has 2 atom stereocenters. The molecular formula is C20H22F6N6O2. The average molecular weight is 492 g/mol. The highest BCUT2D eigenvalue weighted by atomic mass is 19.4. The molecule has 1 aromatic heterocycles. The largest absolute Gasteiger partial charge is 0.453 e. The Morgan fingerprint density at radius 3 is 2.41 bits per heavy atom. The van der Waals surface area contributed by atoms with Crippen LogP contribution in [0.1, 0.15) is 36.1 Å². The Kier molecular flexibility index (Phi) is 7.19. The molecule has 1 unspecified atom stereocenters. The standard InChI is InChI=1S/C20H22F6N6O2/c1-30(2)16(33)9-15-18-28-19(20(24,25)26)29-32(18)4-3-31(15)17(34)7-11(27)5-10-6-13(22)14(23)8-12(10)21/h6,8,11,15H,3-5,7,9,27H2,1-2H3/t11-,15?/m1/s1. The first kappa shape index (κ1) is 25.5. The molecule has 1 aliphatic rings. The van der Waals surface area contributed by atoms with Crippen LogP contribution in [0.5, 0.6) is 0 Å². The summed E-state index contributed by atoms with van der Waals surface area (Å²) < 4.78 is 80.9. The normalized spacial score (nSPS) is 16.9. The lowest BCUT2D eigenvalue weighted by Gasteiger charge is -2.36. The SMILES string of the molecule is CN(C)C(=O)CC1c2nc(C(F)(F)F)nn2CCN1C(=O)C[C@H](N)Cc1cc(F)c(F)cc1F. The molecule has 14 heteroatoms.